The number of halogens is 1. The van der Waals surface area contributed by atoms with Crippen LogP contribution < -0.4 is 10.1 Å². The molecule has 0 fully saturated rings. The van der Waals surface area contributed by atoms with Gasteiger partial charge in [0, 0.05) is 11.6 Å². The lowest BCUT2D eigenvalue weighted by atomic mass is 10.2. The number of aromatic nitrogens is 2. The minimum atomic E-state index is -0.0328. The third-order valence-electron chi connectivity index (χ3n) is 3.92. The molecule has 1 N–H and O–H groups in total. The number of hydrogen-bond acceptors (Lipinski definition) is 3. The van der Waals surface area contributed by atoms with E-state index in [4.69, 9.17) is 16.3 Å². The average molecular weight is 372 g/mol. The third-order valence-corrected chi connectivity index (χ3v) is 4.18. The summed E-state index contributed by atoms with van der Waals surface area (Å²) in [6.07, 6.45) is 0. The van der Waals surface area contributed by atoms with Gasteiger partial charge < -0.3 is 14.6 Å². The van der Waals surface area contributed by atoms with Gasteiger partial charge in [0.05, 0.1) is 11.0 Å². The molecule has 5 nitrogen and oxygen atoms in total. The predicted octanol–water partition coefficient (Wildman–Crippen LogP) is 4.04. The molecule has 0 saturated carbocycles. The molecular weight excluding hydrogens is 350 g/mol. The quantitative estimate of drug-likeness (QED) is 0.681. The van der Waals surface area contributed by atoms with Gasteiger partial charge in [0.25, 0.3) is 0 Å². The molecule has 0 aliphatic rings. The molecule has 0 aliphatic carbocycles. The highest BCUT2D eigenvalue weighted by Gasteiger charge is 2.14. The molecule has 3 aromatic rings. The largest absolute Gasteiger partial charge is 0.486 e. The van der Waals surface area contributed by atoms with E-state index in [1.54, 1.807) is 12.1 Å². The van der Waals surface area contributed by atoms with Gasteiger partial charge in [0.2, 0.25) is 5.91 Å². The Morgan fingerprint density at radius 2 is 1.92 bits per heavy atom. The van der Waals surface area contributed by atoms with Crippen LogP contribution in [-0.2, 0) is 17.9 Å². The molecule has 6 heteroatoms. The van der Waals surface area contributed by atoms with E-state index in [9.17, 15) is 4.79 Å². The van der Waals surface area contributed by atoms with Gasteiger partial charge in [0.1, 0.15) is 24.7 Å². The van der Waals surface area contributed by atoms with Crippen molar-refractivity contribution in [3.05, 3.63) is 59.4 Å². The first-order valence-corrected chi connectivity index (χ1v) is 9.00. The number of para-hydroxylation sites is 2. The molecule has 1 amide bonds. The van der Waals surface area contributed by atoms with Crippen LogP contribution in [0.5, 0.6) is 5.75 Å². The number of hydrogen-bond donors (Lipinski definition) is 1. The van der Waals surface area contributed by atoms with Gasteiger partial charge in [-0.25, -0.2) is 4.98 Å². The van der Waals surface area contributed by atoms with Gasteiger partial charge in [-0.3, -0.25) is 4.79 Å². The van der Waals surface area contributed by atoms with E-state index in [2.05, 4.69) is 24.1 Å². The van der Waals surface area contributed by atoms with Crippen molar-refractivity contribution in [2.75, 3.05) is 6.54 Å². The molecule has 0 radical (unpaired) electrons. The van der Waals surface area contributed by atoms with Crippen molar-refractivity contribution in [3.8, 4) is 5.75 Å². The molecule has 1 aromatic heterocycles. The average Bonchev–Trinajstić information content (AvgIpc) is 2.97. The van der Waals surface area contributed by atoms with Crippen LogP contribution in [0.2, 0.25) is 5.02 Å². The van der Waals surface area contributed by atoms with E-state index < -0.39 is 0 Å². The van der Waals surface area contributed by atoms with Crippen LogP contribution in [0, 0.1) is 5.92 Å². The number of benzene rings is 2. The maximum absolute atomic E-state index is 12.3. The van der Waals surface area contributed by atoms with Gasteiger partial charge in [-0.15, -0.1) is 0 Å². The number of nitrogens with one attached hydrogen (secondary N) is 1. The molecule has 1 heterocycles. The van der Waals surface area contributed by atoms with Gasteiger partial charge in [-0.05, 0) is 42.3 Å². The SMILES string of the molecule is CC(C)CNC(=O)Cn1c(COc2ccc(Cl)cc2)nc2ccccc21. The van der Waals surface area contributed by atoms with E-state index in [0.717, 1.165) is 11.0 Å². The molecule has 3 rings (SSSR count). The fourth-order valence-electron chi connectivity index (χ4n) is 2.61. The second-order valence-corrected chi connectivity index (χ2v) is 6.98. The predicted molar refractivity (Wildman–Crippen MR) is 103 cm³/mol. The van der Waals surface area contributed by atoms with E-state index >= 15 is 0 Å². The highest BCUT2D eigenvalue weighted by atomic mass is 35.5. The molecule has 0 saturated heterocycles. The lowest BCUT2D eigenvalue weighted by molar-refractivity contribution is -0.121. The fraction of sp³-hybridized carbons (Fsp3) is 0.300. The number of ether oxygens (including phenoxy) is 1. The summed E-state index contributed by atoms with van der Waals surface area (Å²) in [7, 11) is 0. The van der Waals surface area contributed by atoms with Crippen LogP contribution in [0.15, 0.2) is 48.5 Å². The standard InChI is InChI=1S/C20H22ClN3O2/c1-14(2)11-22-20(25)12-24-18-6-4-3-5-17(18)23-19(24)13-26-16-9-7-15(21)8-10-16/h3-10,14H,11-13H2,1-2H3,(H,22,25). The van der Waals surface area contributed by atoms with E-state index in [0.29, 0.717) is 29.1 Å². The summed E-state index contributed by atoms with van der Waals surface area (Å²) >= 11 is 5.90. The highest BCUT2D eigenvalue weighted by Crippen LogP contribution is 2.20. The zero-order chi connectivity index (χ0) is 18.5. The topological polar surface area (TPSA) is 56.2 Å². The molecule has 0 spiro atoms. The van der Waals surface area contributed by atoms with Crippen LogP contribution in [0.3, 0.4) is 0 Å². The summed E-state index contributed by atoms with van der Waals surface area (Å²) in [6, 6.07) is 14.9. The Labute approximate surface area is 157 Å². The first-order chi connectivity index (χ1) is 12.5. The first kappa shape index (κ1) is 18.3. The van der Waals surface area contributed by atoms with Crippen LogP contribution in [0.1, 0.15) is 19.7 Å². The second kappa shape index (κ2) is 8.23. The monoisotopic (exact) mass is 371 g/mol. The summed E-state index contributed by atoms with van der Waals surface area (Å²) in [5, 5.41) is 3.61. The molecule has 0 atom stereocenters. The second-order valence-electron chi connectivity index (χ2n) is 6.54. The Balaban J connectivity index is 1.79. The maximum Gasteiger partial charge on any atom is 0.240 e. The molecule has 0 bridgehead atoms. The van der Waals surface area contributed by atoms with E-state index in [-0.39, 0.29) is 19.1 Å². The van der Waals surface area contributed by atoms with E-state index in [1.165, 1.54) is 0 Å². The third kappa shape index (κ3) is 4.55. The zero-order valence-electron chi connectivity index (χ0n) is 14.9. The number of carbonyl (C=O) groups is 1. The Kier molecular flexibility index (Phi) is 5.78. The van der Waals surface area contributed by atoms with Gasteiger partial charge in [-0.1, -0.05) is 37.6 Å². The number of amides is 1. The Morgan fingerprint density at radius 3 is 2.65 bits per heavy atom. The Bertz CT molecular complexity index is 888. The van der Waals surface area contributed by atoms with Crippen molar-refractivity contribution in [1.29, 1.82) is 0 Å². The Hall–Kier alpha value is -2.53. The number of imidazole rings is 1. The number of fused-ring (bicyclic) bond motifs is 1. The van der Waals surface area contributed by atoms with E-state index in [1.807, 2.05) is 41.0 Å². The van der Waals surface area contributed by atoms with Crippen LogP contribution >= 0.6 is 11.6 Å². The Morgan fingerprint density at radius 1 is 1.19 bits per heavy atom. The number of carbonyl (C=O) groups excluding carboxylic acids is 1. The summed E-state index contributed by atoms with van der Waals surface area (Å²) < 4.78 is 7.73. The summed E-state index contributed by atoms with van der Waals surface area (Å²) in [5.41, 5.74) is 1.76. The lowest BCUT2D eigenvalue weighted by Crippen LogP contribution is -2.31. The van der Waals surface area contributed by atoms with Crippen molar-refractivity contribution in [1.82, 2.24) is 14.9 Å². The molecule has 2 aromatic carbocycles. The lowest BCUT2D eigenvalue weighted by Gasteiger charge is -2.12. The fourth-order valence-corrected chi connectivity index (χ4v) is 2.73. The highest BCUT2D eigenvalue weighted by molar-refractivity contribution is 6.30. The summed E-state index contributed by atoms with van der Waals surface area (Å²) in [4.78, 5) is 16.9. The van der Waals surface area contributed by atoms with Crippen LogP contribution in [0.4, 0.5) is 0 Å². The molecule has 0 aliphatic heterocycles. The van der Waals surface area contributed by atoms with Crippen LogP contribution in [0.25, 0.3) is 11.0 Å². The minimum absolute atomic E-state index is 0.0328. The molecule has 26 heavy (non-hydrogen) atoms. The number of nitrogens with zero attached hydrogens (tertiary/aromatic N) is 2. The first-order valence-electron chi connectivity index (χ1n) is 8.62. The van der Waals surface area contributed by atoms with Crippen molar-refractivity contribution < 1.29 is 9.53 Å². The van der Waals surface area contributed by atoms with Crippen molar-refractivity contribution in [2.24, 2.45) is 5.92 Å². The van der Waals surface area contributed by atoms with Crippen molar-refractivity contribution >= 4 is 28.5 Å². The molecule has 0 unspecified atom stereocenters. The van der Waals surface area contributed by atoms with Gasteiger partial charge in [-0.2, -0.15) is 0 Å². The summed E-state index contributed by atoms with van der Waals surface area (Å²) in [6.45, 7) is 5.28. The number of rotatable bonds is 7. The summed E-state index contributed by atoms with van der Waals surface area (Å²) in [5.74, 6) is 1.79. The van der Waals surface area contributed by atoms with Gasteiger partial charge in [0.15, 0.2) is 0 Å². The van der Waals surface area contributed by atoms with Crippen molar-refractivity contribution in [3.63, 3.8) is 0 Å². The maximum atomic E-state index is 12.3. The van der Waals surface area contributed by atoms with Crippen LogP contribution in [-0.4, -0.2) is 22.0 Å². The molecule has 136 valence electrons. The normalized spacial score (nSPS) is 11.1. The smallest absolute Gasteiger partial charge is 0.240 e. The van der Waals surface area contributed by atoms with Crippen molar-refractivity contribution in [2.45, 2.75) is 27.0 Å². The zero-order valence-corrected chi connectivity index (χ0v) is 15.7. The molecular formula is C20H22ClN3O2. The van der Waals surface area contributed by atoms with Gasteiger partial charge >= 0.3 is 0 Å². The minimum Gasteiger partial charge on any atom is -0.486 e.